The first-order valence-corrected chi connectivity index (χ1v) is 10.4. The molecule has 8 heteroatoms. The molecule has 0 bridgehead atoms. The Labute approximate surface area is 180 Å². The van der Waals surface area contributed by atoms with Gasteiger partial charge in [0.2, 0.25) is 0 Å². The molecular weight excluding hydrogens is 414 g/mol. The average Bonchev–Trinajstić information content (AvgIpc) is 3.40. The summed E-state index contributed by atoms with van der Waals surface area (Å²) < 4.78 is 10.9. The van der Waals surface area contributed by atoms with Gasteiger partial charge in [0.15, 0.2) is 5.76 Å². The Bertz CT molecular complexity index is 1500. The van der Waals surface area contributed by atoms with Gasteiger partial charge in [0.05, 0.1) is 22.7 Å². The summed E-state index contributed by atoms with van der Waals surface area (Å²) in [6.07, 6.45) is 1.55. The maximum absolute atomic E-state index is 13.0. The van der Waals surface area contributed by atoms with Crippen molar-refractivity contribution in [3.8, 4) is 11.5 Å². The van der Waals surface area contributed by atoms with Crippen molar-refractivity contribution < 1.29 is 13.9 Å². The van der Waals surface area contributed by atoms with E-state index in [4.69, 9.17) is 9.15 Å². The number of thiophene rings is 1. The number of aromatic nitrogens is 3. The fraction of sp³-hybridized carbons (Fsp3) is 0.130. The number of H-pyrrole nitrogens is 1. The highest BCUT2D eigenvalue weighted by Gasteiger charge is 2.18. The van der Waals surface area contributed by atoms with Gasteiger partial charge >= 0.3 is 5.97 Å². The maximum atomic E-state index is 13.0. The number of pyridine rings is 1. The van der Waals surface area contributed by atoms with Crippen LogP contribution in [0.25, 0.3) is 32.6 Å². The number of nitrogens with zero attached hydrogens (tertiary/aromatic N) is 2. The second-order valence-corrected chi connectivity index (χ2v) is 8.30. The van der Waals surface area contributed by atoms with Crippen LogP contribution in [0.2, 0.25) is 0 Å². The van der Waals surface area contributed by atoms with Gasteiger partial charge < -0.3 is 14.1 Å². The van der Waals surface area contributed by atoms with E-state index in [1.54, 1.807) is 24.5 Å². The molecule has 5 aromatic rings. The molecule has 0 radical (unpaired) electrons. The van der Waals surface area contributed by atoms with E-state index < -0.39 is 5.97 Å². The molecule has 31 heavy (non-hydrogen) atoms. The van der Waals surface area contributed by atoms with E-state index in [1.807, 2.05) is 38.1 Å². The van der Waals surface area contributed by atoms with Crippen molar-refractivity contribution in [3.05, 3.63) is 80.9 Å². The Morgan fingerprint density at radius 1 is 1.16 bits per heavy atom. The van der Waals surface area contributed by atoms with Gasteiger partial charge in [-0.2, -0.15) is 0 Å². The molecular formula is C23H17N3O4S. The van der Waals surface area contributed by atoms with Crippen LogP contribution in [-0.4, -0.2) is 20.9 Å². The van der Waals surface area contributed by atoms with E-state index in [0.29, 0.717) is 44.0 Å². The minimum Gasteiger partial charge on any atom is -0.463 e. The van der Waals surface area contributed by atoms with E-state index in [0.717, 1.165) is 10.4 Å². The Morgan fingerprint density at radius 3 is 2.81 bits per heavy atom. The number of para-hydroxylation sites is 1. The number of esters is 1. The summed E-state index contributed by atoms with van der Waals surface area (Å²) in [6.45, 7) is 3.70. The van der Waals surface area contributed by atoms with Gasteiger partial charge in [0.1, 0.15) is 23.0 Å². The lowest BCUT2D eigenvalue weighted by Gasteiger charge is -2.09. The normalized spacial score (nSPS) is 11.3. The van der Waals surface area contributed by atoms with Crippen LogP contribution >= 0.6 is 11.3 Å². The molecule has 0 aliphatic carbocycles. The van der Waals surface area contributed by atoms with E-state index >= 15 is 0 Å². The lowest BCUT2D eigenvalue weighted by Crippen LogP contribution is -2.14. The Balaban J connectivity index is 1.48. The van der Waals surface area contributed by atoms with Crippen LogP contribution in [0, 0.1) is 13.8 Å². The summed E-state index contributed by atoms with van der Waals surface area (Å²) in [5.74, 6) is 0.323. The lowest BCUT2D eigenvalue weighted by atomic mass is 10.1. The SMILES string of the molecule is Cc1sc2nc(COC(=O)c3cc(-c4ccco4)nc4ccccc34)[nH]c(=O)c2c1C. The fourth-order valence-electron chi connectivity index (χ4n) is 3.47. The zero-order chi connectivity index (χ0) is 21.5. The highest BCUT2D eigenvalue weighted by Crippen LogP contribution is 2.27. The Kier molecular flexibility index (Phi) is 4.63. The lowest BCUT2D eigenvalue weighted by molar-refractivity contribution is 0.0464. The monoisotopic (exact) mass is 431 g/mol. The number of hydrogen-bond donors (Lipinski definition) is 1. The van der Waals surface area contributed by atoms with Crippen molar-refractivity contribution in [3.63, 3.8) is 0 Å². The highest BCUT2D eigenvalue weighted by molar-refractivity contribution is 7.18. The van der Waals surface area contributed by atoms with Crippen LogP contribution in [-0.2, 0) is 11.3 Å². The van der Waals surface area contributed by atoms with Gasteiger partial charge in [-0.1, -0.05) is 18.2 Å². The third-order valence-corrected chi connectivity index (χ3v) is 6.24. The molecule has 5 rings (SSSR count). The number of furan rings is 1. The molecule has 0 atom stereocenters. The van der Waals surface area contributed by atoms with Crippen molar-refractivity contribution in [1.82, 2.24) is 15.0 Å². The van der Waals surface area contributed by atoms with Crippen LogP contribution in [0.5, 0.6) is 0 Å². The molecule has 0 spiro atoms. The van der Waals surface area contributed by atoms with Gasteiger partial charge in [0.25, 0.3) is 5.56 Å². The van der Waals surface area contributed by atoms with E-state index in [2.05, 4.69) is 15.0 Å². The van der Waals surface area contributed by atoms with E-state index in [1.165, 1.54) is 11.3 Å². The highest BCUT2D eigenvalue weighted by atomic mass is 32.1. The van der Waals surface area contributed by atoms with Crippen LogP contribution in [0.3, 0.4) is 0 Å². The third-order valence-electron chi connectivity index (χ3n) is 5.14. The first-order chi connectivity index (χ1) is 15.0. The van der Waals surface area contributed by atoms with Gasteiger partial charge in [-0.25, -0.2) is 14.8 Å². The molecule has 7 nitrogen and oxygen atoms in total. The zero-order valence-corrected chi connectivity index (χ0v) is 17.6. The second kappa shape index (κ2) is 7.48. The van der Waals surface area contributed by atoms with Crippen molar-refractivity contribution in [2.24, 2.45) is 0 Å². The zero-order valence-electron chi connectivity index (χ0n) is 16.8. The van der Waals surface area contributed by atoms with Crippen molar-refractivity contribution in [2.45, 2.75) is 20.5 Å². The number of rotatable bonds is 4. The standard InChI is InChI=1S/C23H17N3O4S/c1-12-13(2)31-22-20(12)21(27)25-19(26-22)11-30-23(28)15-10-17(18-8-5-9-29-18)24-16-7-4-3-6-14(15)16/h3-10H,11H2,1-2H3,(H,25,26,27). The molecule has 0 unspecified atom stereocenters. The number of aromatic amines is 1. The number of aryl methyl sites for hydroxylation is 2. The molecule has 1 N–H and O–H groups in total. The summed E-state index contributed by atoms with van der Waals surface area (Å²) in [5, 5.41) is 1.25. The quantitative estimate of drug-likeness (QED) is 0.412. The van der Waals surface area contributed by atoms with Gasteiger partial charge in [-0.05, 0) is 43.7 Å². The van der Waals surface area contributed by atoms with E-state index in [9.17, 15) is 9.59 Å². The number of fused-ring (bicyclic) bond motifs is 2. The Hall–Kier alpha value is -3.78. The average molecular weight is 431 g/mol. The smallest absolute Gasteiger partial charge is 0.339 e. The second-order valence-electron chi connectivity index (χ2n) is 7.10. The molecule has 0 saturated carbocycles. The molecule has 0 aliphatic heterocycles. The molecule has 0 fully saturated rings. The molecule has 1 aromatic carbocycles. The van der Waals surface area contributed by atoms with Crippen molar-refractivity contribution in [1.29, 1.82) is 0 Å². The summed E-state index contributed by atoms with van der Waals surface area (Å²) in [7, 11) is 0. The van der Waals surface area contributed by atoms with Crippen LogP contribution in [0.15, 0.2) is 57.9 Å². The number of nitrogens with one attached hydrogen (secondary N) is 1. The van der Waals surface area contributed by atoms with Crippen LogP contribution in [0.4, 0.5) is 0 Å². The van der Waals surface area contributed by atoms with Gasteiger partial charge in [-0.3, -0.25) is 4.79 Å². The number of carbonyl (C=O) groups excluding carboxylic acids is 1. The predicted octanol–water partition coefficient (Wildman–Crippen LogP) is 4.77. The summed E-state index contributed by atoms with van der Waals surface area (Å²) in [4.78, 5) is 38.8. The minimum absolute atomic E-state index is 0.146. The van der Waals surface area contributed by atoms with Crippen molar-refractivity contribution >= 4 is 38.4 Å². The largest absolute Gasteiger partial charge is 0.463 e. The van der Waals surface area contributed by atoms with Crippen LogP contribution in [0.1, 0.15) is 26.6 Å². The molecule has 154 valence electrons. The number of carbonyl (C=O) groups is 1. The molecule has 4 heterocycles. The minimum atomic E-state index is -0.535. The Morgan fingerprint density at radius 2 is 2.00 bits per heavy atom. The molecule has 0 saturated heterocycles. The predicted molar refractivity (Wildman–Crippen MR) is 118 cm³/mol. The van der Waals surface area contributed by atoms with Gasteiger partial charge in [-0.15, -0.1) is 11.3 Å². The number of benzene rings is 1. The maximum Gasteiger partial charge on any atom is 0.339 e. The first-order valence-electron chi connectivity index (χ1n) is 9.61. The van der Waals surface area contributed by atoms with Gasteiger partial charge in [0, 0.05) is 10.3 Å². The first kappa shape index (κ1) is 19.2. The third kappa shape index (κ3) is 3.40. The van der Waals surface area contributed by atoms with E-state index in [-0.39, 0.29) is 12.2 Å². The summed E-state index contributed by atoms with van der Waals surface area (Å²) in [6, 6.07) is 12.5. The summed E-state index contributed by atoms with van der Waals surface area (Å²) in [5.41, 5.74) is 2.25. The fourth-order valence-corrected chi connectivity index (χ4v) is 4.52. The topological polar surface area (TPSA) is 98.1 Å². The molecule has 4 aromatic heterocycles. The molecule has 0 aliphatic rings. The van der Waals surface area contributed by atoms with Crippen LogP contribution < -0.4 is 5.56 Å². The number of ether oxygens (including phenoxy) is 1. The summed E-state index contributed by atoms with van der Waals surface area (Å²) >= 11 is 1.45. The van der Waals surface area contributed by atoms with Crippen molar-refractivity contribution in [2.75, 3.05) is 0 Å². The molecule has 0 amide bonds. The number of hydrogen-bond acceptors (Lipinski definition) is 7.